The fourth-order valence-electron chi connectivity index (χ4n) is 1.39. The number of guanidine groups is 1. The maximum Gasteiger partial charge on any atom is 0.191 e. The molecule has 3 N–H and O–H groups in total. The molecule has 20 heavy (non-hydrogen) atoms. The summed E-state index contributed by atoms with van der Waals surface area (Å²) in [6.07, 6.45) is -0.629. The molecule has 0 aromatic carbocycles. The monoisotopic (exact) mass is 433 g/mol. The Morgan fingerprint density at radius 3 is 2.80 bits per heavy atom. The standard InChI is InChI=1S/C12H20ClN3O2S.HI/c1-3-14-12(15-6-7-18-2)16-8-9(17)10-4-5-11(13)19-10;/h4-5,9,17H,3,6-8H2,1-2H3,(H2,14,15,16);1H. The molecule has 1 heterocycles. The highest BCUT2D eigenvalue weighted by molar-refractivity contribution is 14.0. The van der Waals surface area contributed by atoms with Crippen molar-refractivity contribution in [3.05, 3.63) is 21.3 Å². The topological polar surface area (TPSA) is 65.9 Å². The van der Waals surface area contributed by atoms with Gasteiger partial charge in [-0.3, -0.25) is 4.99 Å². The number of hydrogen-bond acceptors (Lipinski definition) is 4. The number of hydrogen-bond donors (Lipinski definition) is 3. The molecule has 0 fully saturated rings. The van der Waals surface area contributed by atoms with Crippen molar-refractivity contribution < 1.29 is 9.84 Å². The van der Waals surface area contributed by atoms with Gasteiger partial charge in [0.15, 0.2) is 5.96 Å². The van der Waals surface area contributed by atoms with E-state index < -0.39 is 6.10 Å². The second kappa shape index (κ2) is 11.6. The fraction of sp³-hybridized carbons (Fsp3) is 0.583. The van der Waals surface area contributed by atoms with Gasteiger partial charge in [-0.25, -0.2) is 0 Å². The minimum Gasteiger partial charge on any atom is -0.386 e. The van der Waals surface area contributed by atoms with E-state index in [1.54, 1.807) is 13.2 Å². The number of methoxy groups -OCH3 is 1. The summed E-state index contributed by atoms with van der Waals surface area (Å²) in [6.45, 7) is 4.32. The highest BCUT2D eigenvalue weighted by Crippen LogP contribution is 2.26. The first-order chi connectivity index (χ1) is 9.17. The van der Waals surface area contributed by atoms with Crippen LogP contribution in [0.4, 0.5) is 0 Å². The lowest BCUT2D eigenvalue weighted by Gasteiger charge is -2.12. The highest BCUT2D eigenvalue weighted by atomic mass is 127. The summed E-state index contributed by atoms with van der Waals surface area (Å²) < 4.78 is 5.63. The van der Waals surface area contributed by atoms with E-state index in [2.05, 4.69) is 15.6 Å². The van der Waals surface area contributed by atoms with Crippen LogP contribution >= 0.6 is 46.9 Å². The van der Waals surface area contributed by atoms with E-state index in [-0.39, 0.29) is 24.0 Å². The van der Waals surface area contributed by atoms with Crippen molar-refractivity contribution in [1.82, 2.24) is 10.6 Å². The zero-order chi connectivity index (χ0) is 14.1. The van der Waals surface area contributed by atoms with E-state index in [0.29, 0.717) is 30.0 Å². The van der Waals surface area contributed by atoms with E-state index in [4.69, 9.17) is 16.3 Å². The lowest BCUT2D eigenvalue weighted by atomic mass is 10.3. The minimum absolute atomic E-state index is 0. The van der Waals surface area contributed by atoms with Crippen LogP contribution in [-0.4, -0.2) is 44.4 Å². The van der Waals surface area contributed by atoms with Crippen molar-refractivity contribution in [3.8, 4) is 0 Å². The molecule has 0 radical (unpaired) electrons. The summed E-state index contributed by atoms with van der Waals surface area (Å²) in [7, 11) is 1.65. The number of nitrogens with zero attached hydrogens (tertiary/aromatic N) is 1. The maximum atomic E-state index is 9.99. The smallest absolute Gasteiger partial charge is 0.191 e. The molecule has 8 heteroatoms. The second-order valence-corrected chi connectivity index (χ2v) is 5.54. The van der Waals surface area contributed by atoms with Crippen LogP contribution in [0, 0.1) is 0 Å². The predicted molar refractivity (Wildman–Crippen MR) is 95.6 cm³/mol. The molecule has 0 spiro atoms. The molecule has 1 aromatic rings. The van der Waals surface area contributed by atoms with Gasteiger partial charge in [-0.15, -0.1) is 35.3 Å². The third-order valence-electron chi connectivity index (χ3n) is 2.29. The van der Waals surface area contributed by atoms with E-state index >= 15 is 0 Å². The van der Waals surface area contributed by atoms with Crippen LogP contribution < -0.4 is 10.6 Å². The summed E-state index contributed by atoms with van der Waals surface area (Å²) in [5, 5.41) is 16.2. The third-order valence-corrected chi connectivity index (χ3v) is 3.62. The van der Waals surface area contributed by atoms with Crippen molar-refractivity contribution in [2.24, 2.45) is 4.99 Å². The lowest BCUT2D eigenvalue weighted by molar-refractivity contribution is 0.190. The van der Waals surface area contributed by atoms with Crippen LogP contribution in [-0.2, 0) is 4.74 Å². The second-order valence-electron chi connectivity index (χ2n) is 3.80. The molecule has 0 saturated heterocycles. The van der Waals surface area contributed by atoms with Gasteiger partial charge in [0.25, 0.3) is 0 Å². The molecular formula is C12H21ClIN3O2S. The number of halogens is 2. The van der Waals surface area contributed by atoms with Gasteiger partial charge in [0.1, 0.15) is 6.10 Å². The van der Waals surface area contributed by atoms with Crippen molar-refractivity contribution in [2.45, 2.75) is 13.0 Å². The van der Waals surface area contributed by atoms with Crippen LogP contribution in [0.3, 0.4) is 0 Å². The Morgan fingerprint density at radius 2 is 2.25 bits per heavy atom. The molecule has 5 nitrogen and oxygen atoms in total. The average Bonchev–Trinajstić information content (AvgIpc) is 2.82. The van der Waals surface area contributed by atoms with Gasteiger partial charge in [0.2, 0.25) is 0 Å². The molecular weight excluding hydrogens is 413 g/mol. The number of rotatable bonds is 7. The molecule has 0 aliphatic rings. The van der Waals surface area contributed by atoms with E-state index in [1.165, 1.54) is 11.3 Å². The Kier molecular flexibility index (Phi) is 11.5. The van der Waals surface area contributed by atoms with Crippen LogP contribution in [0.5, 0.6) is 0 Å². The van der Waals surface area contributed by atoms with Gasteiger partial charge in [-0.05, 0) is 19.1 Å². The Hall–Kier alpha value is -0.0900. The van der Waals surface area contributed by atoms with Gasteiger partial charge < -0.3 is 20.5 Å². The zero-order valence-corrected chi connectivity index (χ0v) is 15.5. The average molecular weight is 434 g/mol. The zero-order valence-electron chi connectivity index (χ0n) is 11.6. The number of ether oxygens (including phenoxy) is 1. The van der Waals surface area contributed by atoms with Crippen LogP contribution in [0.2, 0.25) is 4.34 Å². The lowest BCUT2D eigenvalue weighted by Crippen LogP contribution is -2.39. The van der Waals surface area contributed by atoms with E-state index in [1.807, 2.05) is 13.0 Å². The summed E-state index contributed by atoms with van der Waals surface area (Å²) >= 11 is 7.20. The van der Waals surface area contributed by atoms with Crippen LogP contribution in [0.1, 0.15) is 17.9 Å². The summed E-state index contributed by atoms with van der Waals surface area (Å²) in [5.74, 6) is 0.668. The number of thiophene rings is 1. The normalized spacial score (nSPS) is 12.7. The molecule has 0 saturated carbocycles. The first kappa shape index (κ1) is 19.9. The molecule has 1 atom stereocenters. The van der Waals surface area contributed by atoms with Crippen molar-refractivity contribution in [1.29, 1.82) is 0 Å². The van der Waals surface area contributed by atoms with Crippen molar-refractivity contribution in [3.63, 3.8) is 0 Å². The van der Waals surface area contributed by atoms with E-state index in [0.717, 1.165) is 11.4 Å². The van der Waals surface area contributed by atoms with Crippen LogP contribution in [0.25, 0.3) is 0 Å². The van der Waals surface area contributed by atoms with Gasteiger partial charge in [0.05, 0.1) is 17.5 Å². The SMILES string of the molecule is CCNC(=NCC(O)c1ccc(Cl)s1)NCCOC.I. The number of aliphatic imine (C=N–C) groups is 1. The molecule has 1 aromatic heterocycles. The molecule has 0 bridgehead atoms. The summed E-state index contributed by atoms with van der Waals surface area (Å²) in [5.41, 5.74) is 0. The first-order valence-electron chi connectivity index (χ1n) is 6.11. The number of aliphatic hydroxyl groups excluding tert-OH is 1. The predicted octanol–water partition coefficient (Wildman–Crippen LogP) is 2.25. The van der Waals surface area contributed by atoms with Crippen LogP contribution in [0.15, 0.2) is 17.1 Å². The summed E-state index contributed by atoms with van der Waals surface area (Å²) in [6, 6.07) is 3.59. The van der Waals surface area contributed by atoms with Gasteiger partial charge in [0, 0.05) is 25.1 Å². The molecule has 116 valence electrons. The molecule has 0 aliphatic heterocycles. The minimum atomic E-state index is -0.629. The van der Waals surface area contributed by atoms with Gasteiger partial charge >= 0.3 is 0 Å². The van der Waals surface area contributed by atoms with Crippen molar-refractivity contribution in [2.75, 3.05) is 33.4 Å². The Bertz CT molecular complexity index is 404. The number of nitrogens with one attached hydrogen (secondary N) is 2. The third kappa shape index (κ3) is 7.63. The highest BCUT2D eigenvalue weighted by Gasteiger charge is 2.10. The Labute approximate surface area is 145 Å². The summed E-state index contributed by atoms with van der Waals surface area (Å²) in [4.78, 5) is 5.14. The largest absolute Gasteiger partial charge is 0.386 e. The quantitative estimate of drug-likeness (QED) is 0.267. The number of aliphatic hydroxyl groups is 1. The first-order valence-corrected chi connectivity index (χ1v) is 7.31. The molecule has 0 amide bonds. The van der Waals surface area contributed by atoms with Crippen molar-refractivity contribution >= 4 is 52.9 Å². The maximum absolute atomic E-state index is 9.99. The Morgan fingerprint density at radius 1 is 1.50 bits per heavy atom. The van der Waals surface area contributed by atoms with Gasteiger partial charge in [-0.2, -0.15) is 0 Å². The Balaban J connectivity index is 0.00000361. The molecule has 0 aliphatic carbocycles. The van der Waals surface area contributed by atoms with Gasteiger partial charge in [-0.1, -0.05) is 11.6 Å². The molecule has 1 unspecified atom stereocenters. The molecule has 1 rings (SSSR count). The fourth-order valence-corrected chi connectivity index (χ4v) is 2.43. The van der Waals surface area contributed by atoms with E-state index in [9.17, 15) is 5.11 Å².